The summed E-state index contributed by atoms with van der Waals surface area (Å²) in [5.41, 5.74) is 0.689. The number of likely N-dealkylation sites (tertiary alicyclic amines) is 1. The van der Waals surface area contributed by atoms with Crippen LogP contribution in [0.3, 0.4) is 0 Å². The van der Waals surface area contributed by atoms with Crippen LogP contribution in [0.4, 0.5) is 4.79 Å². The Bertz CT molecular complexity index is 1020. The van der Waals surface area contributed by atoms with E-state index in [1.807, 2.05) is 20.8 Å². The highest BCUT2D eigenvalue weighted by Gasteiger charge is 2.50. The standard InChI is InChI=1S/C33H49NO5Si/c1-27-18-20-34(31(35)39-32(2,3)4)26-28(27)19-21-36-22-23-37-24-25-38-40(33(5,6)7,29-14-10-8-11-15-29)30-16-12-9-13-17-30/h8-17,28H,1,18-26H2,2-7H3. The van der Waals surface area contributed by atoms with E-state index in [2.05, 4.69) is 88.0 Å². The Balaban J connectivity index is 1.43. The van der Waals surface area contributed by atoms with Crippen molar-refractivity contribution in [2.75, 3.05) is 46.1 Å². The Morgan fingerprint density at radius 3 is 1.90 bits per heavy atom. The van der Waals surface area contributed by atoms with Gasteiger partial charge in [-0.15, -0.1) is 0 Å². The van der Waals surface area contributed by atoms with E-state index in [-0.39, 0.29) is 17.0 Å². The van der Waals surface area contributed by atoms with E-state index < -0.39 is 13.9 Å². The molecular weight excluding hydrogens is 518 g/mol. The highest BCUT2D eigenvalue weighted by atomic mass is 28.4. The summed E-state index contributed by atoms with van der Waals surface area (Å²) >= 11 is 0. The van der Waals surface area contributed by atoms with Crippen molar-refractivity contribution in [3.8, 4) is 0 Å². The van der Waals surface area contributed by atoms with E-state index in [0.717, 1.165) is 12.8 Å². The summed E-state index contributed by atoms with van der Waals surface area (Å²) in [6, 6.07) is 21.3. The number of carbonyl (C=O) groups excluding carboxylic acids is 1. The Hall–Kier alpha value is -2.45. The average Bonchev–Trinajstić information content (AvgIpc) is 2.90. The third-order valence-corrected chi connectivity index (χ3v) is 12.4. The molecule has 2 aromatic carbocycles. The predicted molar refractivity (Wildman–Crippen MR) is 165 cm³/mol. The van der Waals surface area contributed by atoms with Gasteiger partial charge in [0.15, 0.2) is 0 Å². The quantitative estimate of drug-likeness (QED) is 0.184. The molecule has 40 heavy (non-hydrogen) atoms. The number of benzene rings is 2. The topological polar surface area (TPSA) is 57.2 Å². The number of amides is 1. The molecule has 1 amide bonds. The van der Waals surface area contributed by atoms with Gasteiger partial charge in [-0.05, 0) is 54.9 Å². The Morgan fingerprint density at radius 1 is 0.850 bits per heavy atom. The molecule has 1 atom stereocenters. The van der Waals surface area contributed by atoms with Gasteiger partial charge in [-0.2, -0.15) is 0 Å². The van der Waals surface area contributed by atoms with Gasteiger partial charge in [0.05, 0.1) is 26.4 Å². The van der Waals surface area contributed by atoms with Crippen LogP contribution in [-0.2, 0) is 18.6 Å². The van der Waals surface area contributed by atoms with Crippen LogP contribution in [-0.4, -0.2) is 71.0 Å². The first-order valence-electron chi connectivity index (χ1n) is 14.5. The molecule has 3 rings (SSSR count). The van der Waals surface area contributed by atoms with Crippen molar-refractivity contribution >= 4 is 24.8 Å². The molecule has 1 aliphatic heterocycles. The highest BCUT2D eigenvalue weighted by Crippen LogP contribution is 2.36. The normalized spacial score (nSPS) is 16.7. The molecular formula is C33H49NO5Si. The second-order valence-electron chi connectivity index (χ2n) is 12.6. The summed E-state index contributed by atoms with van der Waals surface area (Å²) in [6.45, 7) is 20.7. The zero-order valence-corrected chi connectivity index (χ0v) is 26.4. The number of carbonyl (C=O) groups is 1. The molecule has 0 spiro atoms. The summed E-state index contributed by atoms with van der Waals surface area (Å²) < 4.78 is 24.2. The van der Waals surface area contributed by atoms with Crippen LogP contribution in [0.25, 0.3) is 0 Å². The maximum absolute atomic E-state index is 12.5. The molecule has 7 heteroatoms. The monoisotopic (exact) mass is 567 g/mol. The van der Waals surface area contributed by atoms with Gasteiger partial charge in [0.2, 0.25) is 0 Å². The minimum Gasteiger partial charge on any atom is -0.444 e. The molecule has 2 aromatic rings. The summed E-state index contributed by atoms with van der Waals surface area (Å²) in [4.78, 5) is 14.3. The van der Waals surface area contributed by atoms with Crippen LogP contribution < -0.4 is 10.4 Å². The lowest BCUT2D eigenvalue weighted by molar-refractivity contribution is 0.0153. The Kier molecular flexibility index (Phi) is 11.6. The van der Waals surface area contributed by atoms with Crippen molar-refractivity contribution in [1.82, 2.24) is 4.90 Å². The molecule has 0 bridgehead atoms. The Morgan fingerprint density at radius 2 is 1.38 bits per heavy atom. The third-order valence-electron chi connectivity index (χ3n) is 7.32. The van der Waals surface area contributed by atoms with E-state index in [1.54, 1.807) is 4.90 Å². The maximum atomic E-state index is 12.5. The van der Waals surface area contributed by atoms with Gasteiger partial charge in [0.25, 0.3) is 8.32 Å². The molecule has 0 N–H and O–H groups in total. The van der Waals surface area contributed by atoms with Gasteiger partial charge >= 0.3 is 6.09 Å². The molecule has 1 unspecified atom stereocenters. The lowest BCUT2D eigenvalue weighted by Gasteiger charge is -2.43. The van der Waals surface area contributed by atoms with Crippen molar-refractivity contribution in [2.45, 2.75) is 65.0 Å². The molecule has 0 radical (unpaired) electrons. The third kappa shape index (κ3) is 8.77. The van der Waals surface area contributed by atoms with Gasteiger partial charge in [-0.25, -0.2) is 4.79 Å². The lowest BCUT2D eigenvalue weighted by Crippen LogP contribution is -2.66. The van der Waals surface area contributed by atoms with Crippen LogP contribution in [0.1, 0.15) is 54.4 Å². The van der Waals surface area contributed by atoms with E-state index >= 15 is 0 Å². The van der Waals surface area contributed by atoms with Crippen molar-refractivity contribution in [3.05, 3.63) is 72.8 Å². The number of piperidine rings is 1. The summed E-state index contributed by atoms with van der Waals surface area (Å²) in [6.07, 6.45) is 1.38. The predicted octanol–water partition coefficient (Wildman–Crippen LogP) is 5.80. The van der Waals surface area contributed by atoms with E-state index in [9.17, 15) is 4.79 Å². The molecule has 1 saturated heterocycles. The van der Waals surface area contributed by atoms with Gasteiger partial charge in [-0.3, -0.25) is 0 Å². The average molecular weight is 568 g/mol. The molecule has 0 saturated carbocycles. The zero-order chi connectivity index (χ0) is 29.2. The second-order valence-corrected chi connectivity index (χ2v) is 16.9. The zero-order valence-electron chi connectivity index (χ0n) is 25.4. The molecule has 220 valence electrons. The first-order valence-corrected chi connectivity index (χ1v) is 16.4. The fourth-order valence-corrected chi connectivity index (χ4v) is 9.86. The number of ether oxygens (including phenoxy) is 3. The lowest BCUT2D eigenvalue weighted by atomic mass is 9.90. The smallest absolute Gasteiger partial charge is 0.410 e. The number of rotatable bonds is 12. The van der Waals surface area contributed by atoms with Gasteiger partial charge in [0.1, 0.15) is 5.60 Å². The number of hydrogen-bond donors (Lipinski definition) is 0. The summed E-state index contributed by atoms with van der Waals surface area (Å²) in [5, 5.41) is 2.49. The van der Waals surface area contributed by atoms with Crippen molar-refractivity contribution in [1.29, 1.82) is 0 Å². The minimum absolute atomic E-state index is 0.0546. The first-order chi connectivity index (χ1) is 18.9. The maximum Gasteiger partial charge on any atom is 0.410 e. The SMILES string of the molecule is C=C1CCN(C(=O)OC(C)(C)C)CC1CCOCCOCCO[Si](c1ccccc1)(c1ccccc1)C(C)(C)C. The molecule has 0 aliphatic carbocycles. The summed E-state index contributed by atoms with van der Waals surface area (Å²) in [5.74, 6) is 0.224. The van der Waals surface area contributed by atoms with Gasteiger partial charge < -0.3 is 23.5 Å². The second kappa shape index (κ2) is 14.4. The van der Waals surface area contributed by atoms with Crippen molar-refractivity contribution < 1.29 is 23.4 Å². The first kappa shape index (κ1) is 32.1. The minimum atomic E-state index is -2.54. The van der Waals surface area contributed by atoms with Crippen LogP contribution in [0.15, 0.2) is 72.8 Å². The molecule has 6 nitrogen and oxygen atoms in total. The number of hydrogen-bond acceptors (Lipinski definition) is 5. The van der Waals surface area contributed by atoms with Crippen molar-refractivity contribution in [2.24, 2.45) is 5.92 Å². The molecule has 0 aromatic heterocycles. The largest absolute Gasteiger partial charge is 0.444 e. The number of nitrogens with zero attached hydrogens (tertiary/aromatic N) is 1. The van der Waals surface area contributed by atoms with E-state index in [1.165, 1.54) is 15.9 Å². The van der Waals surface area contributed by atoms with Crippen LogP contribution in [0.5, 0.6) is 0 Å². The molecule has 1 aliphatic rings. The highest BCUT2D eigenvalue weighted by molar-refractivity contribution is 6.99. The van der Waals surface area contributed by atoms with E-state index in [0.29, 0.717) is 46.1 Å². The van der Waals surface area contributed by atoms with Crippen molar-refractivity contribution in [3.63, 3.8) is 0 Å². The fraction of sp³-hybridized carbons (Fsp3) is 0.545. The van der Waals surface area contributed by atoms with Gasteiger partial charge in [-0.1, -0.05) is 93.6 Å². The van der Waals surface area contributed by atoms with Crippen LogP contribution in [0, 0.1) is 5.92 Å². The van der Waals surface area contributed by atoms with E-state index in [4.69, 9.17) is 18.6 Å². The van der Waals surface area contributed by atoms with Crippen LogP contribution in [0.2, 0.25) is 5.04 Å². The summed E-state index contributed by atoms with van der Waals surface area (Å²) in [7, 11) is -2.54. The van der Waals surface area contributed by atoms with Gasteiger partial charge in [0, 0.05) is 19.7 Å². The molecule has 1 fully saturated rings. The molecule has 1 heterocycles. The fourth-order valence-electron chi connectivity index (χ4n) is 5.32. The Labute approximate surface area is 242 Å². The van der Waals surface area contributed by atoms with Crippen LogP contribution >= 0.6 is 0 Å².